The Morgan fingerprint density at radius 1 is 1.28 bits per heavy atom. The number of piperidine rings is 1. The molecule has 0 spiro atoms. The molecule has 0 bridgehead atoms. The topological polar surface area (TPSA) is 79.6 Å². The molecule has 7 nitrogen and oxygen atoms in total. The summed E-state index contributed by atoms with van der Waals surface area (Å²) in [6.45, 7) is 1.89. The first-order valence-corrected chi connectivity index (χ1v) is 11.8. The molecule has 1 saturated heterocycles. The summed E-state index contributed by atoms with van der Waals surface area (Å²) < 4.78 is 26.8. The number of fused-ring (bicyclic) bond motifs is 1. The van der Waals surface area contributed by atoms with Gasteiger partial charge in [0.1, 0.15) is 13.7 Å². The Labute approximate surface area is 176 Å². The van der Waals surface area contributed by atoms with Gasteiger partial charge < -0.3 is 5.32 Å². The molecule has 152 valence electrons. The van der Waals surface area contributed by atoms with Crippen LogP contribution in [0.5, 0.6) is 0 Å². The lowest BCUT2D eigenvalue weighted by Crippen LogP contribution is -2.39. The van der Waals surface area contributed by atoms with Crippen molar-refractivity contribution >= 4 is 46.4 Å². The number of anilines is 1. The summed E-state index contributed by atoms with van der Waals surface area (Å²) in [4.78, 5) is 4.76. The molecule has 0 radical (unpaired) electrons. The predicted molar refractivity (Wildman–Crippen MR) is 119 cm³/mol. The highest BCUT2D eigenvalue weighted by Crippen LogP contribution is 2.28. The van der Waals surface area contributed by atoms with E-state index in [9.17, 15) is 8.42 Å². The van der Waals surface area contributed by atoms with Gasteiger partial charge >= 0.3 is 0 Å². The number of sulfonamides is 1. The van der Waals surface area contributed by atoms with Crippen molar-refractivity contribution in [1.29, 1.82) is 0 Å². The van der Waals surface area contributed by atoms with Gasteiger partial charge in [-0.05, 0) is 30.3 Å². The van der Waals surface area contributed by atoms with Gasteiger partial charge in [0, 0.05) is 42.5 Å². The molecule has 1 fully saturated rings. The van der Waals surface area contributed by atoms with E-state index in [1.165, 1.54) is 6.26 Å². The van der Waals surface area contributed by atoms with Crippen molar-refractivity contribution in [2.45, 2.75) is 12.8 Å². The van der Waals surface area contributed by atoms with Gasteiger partial charge in [-0.15, -0.1) is 0 Å². The smallest absolute Gasteiger partial charge is 0.211 e. The van der Waals surface area contributed by atoms with Crippen LogP contribution < -0.4 is 10.8 Å². The molecule has 10 heteroatoms. The van der Waals surface area contributed by atoms with Crippen LogP contribution in [0.2, 0.25) is 5.02 Å². The van der Waals surface area contributed by atoms with Crippen LogP contribution >= 0.6 is 11.6 Å². The zero-order valence-corrected chi connectivity index (χ0v) is 18.0. The van der Waals surface area contributed by atoms with E-state index >= 15 is 0 Å². The normalized spacial score (nSPS) is 16.3. The van der Waals surface area contributed by atoms with Crippen LogP contribution in [0.1, 0.15) is 12.8 Å². The summed E-state index contributed by atoms with van der Waals surface area (Å²) in [6.07, 6.45) is 4.75. The molecule has 4 rings (SSSR count). The molecule has 0 aliphatic carbocycles. The van der Waals surface area contributed by atoms with Crippen LogP contribution in [-0.2, 0) is 10.0 Å². The molecule has 29 heavy (non-hydrogen) atoms. The summed E-state index contributed by atoms with van der Waals surface area (Å²) in [5.41, 5.74) is 3.45. The summed E-state index contributed by atoms with van der Waals surface area (Å²) in [5.74, 6) is 1.25. The van der Waals surface area contributed by atoms with Gasteiger partial charge in [0.05, 0.1) is 11.9 Å². The predicted octanol–water partition coefficient (Wildman–Crippen LogP) is 1.39. The largest absolute Gasteiger partial charge is 0.370 e. The molecule has 3 aromatic rings. The number of nitrogens with one attached hydrogen (secondary N) is 1. The highest BCUT2D eigenvalue weighted by Gasteiger charge is 2.25. The molecule has 1 aliphatic heterocycles. The van der Waals surface area contributed by atoms with Gasteiger partial charge in [-0.25, -0.2) is 17.7 Å². The number of aromatic nitrogens is 3. The van der Waals surface area contributed by atoms with E-state index in [-0.39, 0.29) is 0 Å². The molecule has 1 aromatic carbocycles. The maximum absolute atomic E-state index is 11.7. The van der Waals surface area contributed by atoms with Crippen LogP contribution in [0.3, 0.4) is 0 Å². The quantitative estimate of drug-likeness (QED) is 0.618. The highest BCUT2D eigenvalue weighted by molar-refractivity contribution is 7.88. The molecular formula is C19H23BClN5O2S. The monoisotopic (exact) mass is 431 g/mol. The van der Waals surface area contributed by atoms with Crippen LogP contribution in [-0.4, -0.2) is 61.1 Å². The molecule has 1 aliphatic rings. The Hall–Kier alpha value is -2.10. The number of halogens is 1. The second-order valence-electron chi connectivity index (χ2n) is 7.56. The number of rotatable bonds is 5. The van der Waals surface area contributed by atoms with Gasteiger partial charge in [-0.1, -0.05) is 29.8 Å². The third-order valence-corrected chi connectivity index (χ3v) is 7.05. The van der Waals surface area contributed by atoms with E-state index in [1.807, 2.05) is 38.2 Å². The Balaban J connectivity index is 1.57. The van der Waals surface area contributed by atoms with Crippen LogP contribution in [0.15, 0.2) is 36.5 Å². The summed E-state index contributed by atoms with van der Waals surface area (Å²) in [7, 11) is -1.12. The van der Waals surface area contributed by atoms with Gasteiger partial charge in [0.2, 0.25) is 10.0 Å². The Kier molecular flexibility index (Phi) is 5.55. The zero-order valence-electron chi connectivity index (χ0n) is 16.5. The number of nitrogens with zero attached hydrogens (tertiary/aromatic N) is 4. The second kappa shape index (κ2) is 7.97. The third kappa shape index (κ3) is 4.27. The minimum absolute atomic E-state index is 0.400. The van der Waals surface area contributed by atoms with Gasteiger partial charge in [0.15, 0.2) is 5.65 Å². The number of benzene rings is 1. The van der Waals surface area contributed by atoms with Crippen LogP contribution in [0.25, 0.3) is 16.9 Å². The van der Waals surface area contributed by atoms with Gasteiger partial charge in [-0.2, -0.15) is 9.61 Å². The maximum Gasteiger partial charge on any atom is 0.211 e. The molecule has 3 heterocycles. The standard InChI is InChI=1S/C19H23BClN5O2S/c1-29(27,28)25-8-6-13(7-9-25)11-22-18-10-17(14-4-2-3-5-16(14)21)24-19-15(20)12-23-26(18)19/h2-5,10,12-13,22H,6-9,11,20H2,1H3. The van der Waals surface area contributed by atoms with E-state index < -0.39 is 10.0 Å². The fraction of sp³-hybridized carbons (Fsp3) is 0.368. The zero-order chi connectivity index (χ0) is 20.6. The molecule has 0 saturated carbocycles. The third-order valence-electron chi connectivity index (χ3n) is 5.41. The average Bonchev–Trinajstić information content (AvgIpc) is 3.07. The van der Waals surface area contributed by atoms with E-state index in [0.29, 0.717) is 24.0 Å². The average molecular weight is 432 g/mol. The second-order valence-corrected chi connectivity index (χ2v) is 9.95. The number of hydrogen-bond donors (Lipinski definition) is 1. The van der Waals surface area contributed by atoms with E-state index in [1.54, 1.807) is 15.0 Å². The minimum atomic E-state index is -3.10. The molecule has 0 unspecified atom stereocenters. The highest BCUT2D eigenvalue weighted by atomic mass is 35.5. The lowest BCUT2D eigenvalue weighted by molar-refractivity contribution is 0.283. The summed E-state index contributed by atoms with van der Waals surface area (Å²) in [6, 6.07) is 9.62. The van der Waals surface area contributed by atoms with E-state index in [4.69, 9.17) is 16.6 Å². The Morgan fingerprint density at radius 2 is 2.00 bits per heavy atom. The van der Waals surface area contributed by atoms with Crippen molar-refractivity contribution in [3.8, 4) is 11.3 Å². The summed E-state index contributed by atoms with van der Waals surface area (Å²) in [5, 5.41) is 8.61. The van der Waals surface area contributed by atoms with Crippen molar-refractivity contribution in [3.63, 3.8) is 0 Å². The minimum Gasteiger partial charge on any atom is -0.370 e. The Morgan fingerprint density at radius 3 is 2.69 bits per heavy atom. The van der Waals surface area contributed by atoms with Gasteiger partial charge in [-0.3, -0.25) is 0 Å². The van der Waals surface area contributed by atoms with Crippen molar-refractivity contribution in [2.24, 2.45) is 5.92 Å². The fourth-order valence-corrected chi connectivity index (χ4v) is 4.81. The van der Waals surface area contributed by atoms with Crippen molar-refractivity contribution in [3.05, 3.63) is 41.6 Å². The lowest BCUT2D eigenvalue weighted by atomic mass is 9.98. The van der Waals surface area contributed by atoms with Crippen molar-refractivity contribution in [2.75, 3.05) is 31.2 Å². The molecule has 0 atom stereocenters. The van der Waals surface area contributed by atoms with E-state index in [2.05, 4.69) is 10.4 Å². The van der Waals surface area contributed by atoms with Gasteiger partial charge in [0.25, 0.3) is 0 Å². The maximum atomic E-state index is 11.7. The molecule has 1 N–H and O–H groups in total. The lowest BCUT2D eigenvalue weighted by Gasteiger charge is -2.30. The molecular weight excluding hydrogens is 409 g/mol. The van der Waals surface area contributed by atoms with Crippen LogP contribution in [0, 0.1) is 5.92 Å². The van der Waals surface area contributed by atoms with E-state index in [0.717, 1.165) is 47.6 Å². The molecule has 0 amide bonds. The van der Waals surface area contributed by atoms with Crippen molar-refractivity contribution < 1.29 is 8.42 Å². The Bertz CT molecular complexity index is 1140. The number of hydrogen-bond acceptors (Lipinski definition) is 5. The first kappa shape index (κ1) is 20.2. The first-order valence-electron chi connectivity index (χ1n) is 9.62. The molecule has 2 aromatic heterocycles. The SMILES string of the molecule is Bc1cnn2c(NCC3CCN(S(C)(=O)=O)CC3)cc(-c3ccccc3Cl)nc12. The van der Waals surface area contributed by atoms with Crippen LogP contribution in [0.4, 0.5) is 5.82 Å². The first-order chi connectivity index (χ1) is 13.8. The van der Waals surface area contributed by atoms with Crippen molar-refractivity contribution in [1.82, 2.24) is 18.9 Å². The summed E-state index contributed by atoms with van der Waals surface area (Å²) >= 11 is 6.39. The fourth-order valence-electron chi connectivity index (χ4n) is 3.70.